The van der Waals surface area contributed by atoms with Gasteiger partial charge < -0.3 is 19.5 Å². The van der Waals surface area contributed by atoms with Gasteiger partial charge in [-0.05, 0) is 17.7 Å². The normalized spacial score (nSPS) is 15.4. The van der Waals surface area contributed by atoms with Crippen molar-refractivity contribution in [3.63, 3.8) is 0 Å². The highest BCUT2D eigenvalue weighted by molar-refractivity contribution is 5.54. The van der Waals surface area contributed by atoms with E-state index in [4.69, 9.17) is 14.2 Å². The number of nitrogens with one attached hydrogen (secondary N) is 1. The van der Waals surface area contributed by atoms with Crippen molar-refractivity contribution in [2.24, 2.45) is 0 Å². The van der Waals surface area contributed by atoms with E-state index in [0.717, 1.165) is 24.6 Å². The molecule has 1 heterocycles. The minimum absolute atomic E-state index is 0.550. The topological polar surface area (TPSA) is 39.7 Å². The van der Waals surface area contributed by atoms with Crippen LogP contribution in [0.15, 0.2) is 12.1 Å². The van der Waals surface area contributed by atoms with Gasteiger partial charge in [0, 0.05) is 19.0 Å². The molecule has 0 bridgehead atoms. The average Bonchev–Trinajstić information content (AvgIpc) is 2.25. The zero-order chi connectivity index (χ0) is 11.5. The Balaban J connectivity index is 2.40. The highest BCUT2D eigenvalue weighted by atomic mass is 16.5. The quantitative estimate of drug-likeness (QED) is 0.837. The van der Waals surface area contributed by atoms with Crippen molar-refractivity contribution in [1.29, 1.82) is 0 Å². The third-order valence-corrected chi connectivity index (χ3v) is 2.94. The molecule has 0 aromatic heterocycles. The van der Waals surface area contributed by atoms with Gasteiger partial charge in [0.2, 0.25) is 5.75 Å². The summed E-state index contributed by atoms with van der Waals surface area (Å²) >= 11 is 0. The Kier molecular flexibility index (Phi) is 3.19. The molecule has 1 saturated heterocycles. The molecule has 0 aliphatic carbocycles. The number of methoxy groups -OCH3 is 3. The van der Waals surface area contributed by atoms with Crippen LogP contribution < -0.4 is 19.5 Å². The van der Waals surface area contributed by atoms with Gasteiger partial charge in [-0.2, -0.15) is 0 Å². The number of hydrogen-bond acceptors (Lipinski definition) is 4. The monoisotopic (exact) mass is 223 g/mol. The Labute approximate surface area is 95.5 Å². The van der Waals surface area contributed by atoms with E-state index in [1.807, 2.05) is 12.1 Å². The van der Waals surface area contributed by atoms with Crippen molar-refractivity contribution >= 4 is 0 Å². The summed E-state index contributed by atoms with van der Waals surface area (Å²) in [5.41, 5.74) is 1.23. The fourth-order valence-corrected chi connectivity index (χ4v) is 1.86. The van der Waals surface area contributed by atoms with Gasteiger partial charge in [-0.25, -0.2) is 0 Å². The zero-order valence-electron chi connectivity index (χ0n) is 9.87. The lowest BCUT2D eigenvalue weighted by Gasteiger charge is -2.28. The van der Waals surface area contributed by atoms with Crippen molar-refractivity contribution in [2.45, 2.75) is 5.92 Å². The van der Waals surface area contributed by atoms with Crippen LogP contribution >= 0.6 is 0 Å². The minimum Gasteiger partial charge on any atom is -0.493 e. The van der Waals surface area contributed by atoms with Crippen LogP contribution in [0.3, 0.4) is 0 Å². The molecular weight excluding hydrogens is 206 g/mol. The molecule has 4 nitrogen and oxygen atoms in total. The molecule has 0 atom stereocenters. The molecule has 1 aromatic rings. The summed E-state index contributed by atoms with van der Waals surface area (Å²) in [6.07, 6.45) is 0. The molecule has 0 saturated carbocycles. The Morgan fingerprint density at radius 2 is 1.56 bits per heavy atom. The number of ether oxygens (including phenoxy) is 3. The van der Waals surface area contributed by atoms with Gasteiger partial charge in [0.05, 0.1) is 21.3 Å². The van der Waals surface area contributed by atoms with E-state index in [2.05, 4.69) is 5.32 Å². The summed E-state index contributed by atoms with van der Waals surface area (Å²) in [7, 11) is 4.89. The molecule has 4 heteroatoms. The van der Waals surface area contributed by atoms with Crippen LogP contribution in [0.1, 0.15) is 11.5 Å². The van der Waals surface area contributed by atoms with E-state index in [0.29, 0.717) is 11.7 Å². The predicted octanol–water partition coefficient (Wildman–Crippen LogP) is 1.40. The van der Waals surface area contributed by atoms with Crippen LogP contribution in [0, 0.1) is 0 Å². The molecule has 0 spiro atoms. The highest BCUT2D eigenvalue weighted by Crippen LogP contribution is 2.40. The molecule has 88 valence electrons. The highest BCUT2D eigenvalue weighted by Gasteiger charge is 2.22. The van der Waals surface area contributed by atoms with Crippen molar-refractivity contribution in [3.05, 3.63) is 17.7 Å². The second kappa shape index (κ2) is 4.61. The summed E-state index contributed by atoms with van der Waals surface area (Å²) in [6, 6.07) is 4.04. The van der Waals surface area contributed by atoms with Gasteiger partial charge in [0.15, 0.2) is 11.5 Å². The van der Waals surface area contributed by atoms with Crippen LogP contribution in [0.4, 0.5) is 0 Å². The Morgan fingerprint density at radius 3 is 1.88 bits per heavy atom. The number of benzene rings is 1. The molecule has 2 rings (SSSR count). The summed E-state index contributed by atoms with van der Waals surface area (Å²) < 4.78 is 15.9. The first kappa shape index (κ1) is 11.1. The molecule has 0 amide bonds. The van der Waals surface area contributed by atoms with Crippen LogP contribution in [-0.4, -0.2) is 34.4 Å². The SMILES string of the molecule is COc1cc(C2CNC2)cc(OC)c1OC. The first-order valence-electron chi connectivity index (χ1n) is 5.30. The number of hydrogen-bond donors (Lipinski definition) is 1. The Hall–Kier alpha value is -1.42. The lowest BCUT2D eigenvalue weighted by Crippen LogP contribution is -2.39. The van der Waals surface area contributed by atoms with Crippen LogP contribution in [0.2, 0.25) is 0 Å². The van der Waals surface area contributed by atoms with Gasteiger partial charge in [0.25, 0.3) is 0 Å². The Bertz CT molecular complexity index is 350. The summed E-state index contributed by atoms with van der Waals surface area (Å²) in [5, 5.41) is 3.25. The van der Waals surface area contributed by atoms with Gasteiger partial charge >= 0.3 is 0 Å². The van der Waals surface area contributed by atoms with Gasteiger partial charge in [-0.1, -0.05) is 0 Å². The summed E-state index contributed by atoms with van der Waals surface area (Å²) in [4.78, 5) is 0. The van der Waals surface area contributed by atoms with Crippen molar-refractivity contribution in [1.82, 2.24) is 5.32 Å². The lowest BCUT2D eigenvalue weighted by atomic mass is 9.93. The maximum absolute atomic E-state index is 5.31. The van der Waals surface area contributed by atoms with Gasteiger partial charge in [0.1, 0.15) is 0 Å². The maximum Gasteiger partial charge on any atom is 0.203 e. The van der Waals surface area contributed by atoms with Gasteiger partial charge in [-0.3, -0.25) is 0 Å². The molecule has 16 heavy (non-hydrogen) atoms. The van der Waals surface area contributed by atoms with E-state index >= 15 is 0 Å². The largest absolute Gasteiger partial charge is 0.493 e. The molecule has 1 aliphatic heterocycles. The molecule has 1 aromatic carbocycles. The third kappa shape index (κ3) is 1.80. The van der Waals surface area contributed by atoms with Crippen molar-refractivity contribution in [3.8, 4) is 17.2 Å². The second-order valence-corrected chi connectivity index (χ2v) is 3.81. The number of rotatable bonds is 4. The zero-order valence-corrected chi connectivity index (χ0v) is 9.87. The minimum atomic E-state index is 0.550. The predicted molar refractivity (Wildman–Crippen MR) is 61.7 cm³/mol. The van der Waals surface area contributed by atoms with E-state index in [9.17, 15) is 0 Å². The van der Waals surface area contributed by atoms with E-state index in [1.54, 1.807) is 21.3 Å². The van der Waals surface area contributed by atoms with E-state index in [-0.39, 0.29) is 0 Å². The first-order chi connectivity index (χ1) is 7.80. The molecule has 1 aliphatic rings. The molecule has 0 unspecified atom stereocenters. The molecular formula is C12H17NO3. The standard InChI is InChI=1S/C12H17NO3/c1-14-10-4-8(9-6-13-7-9)5-11(15-2)12(10)16-3/h4-5,9,13H,6-7H2,1-3H3. The van der Waals surface area contributed by atoms with E-state index < -0.39 is 0 Å². The maximum atomic E-state index is 5.31. The second-order valence-electron chi connectivity index (χ2n) is 3.81. The summed E-state index contributed by atoms with van der Waals surface area (Å²) in [6.45, 7) is 2.03. The molecule has 1 fully saturated rings. The van der Waals surface area contributed by atoms with Crippen LogP contribution in [-0.2, 0) is 0 Å². The fourth-order valence-electron chi connectivity index (χ4n) is 1.86. The summed E-state index contributed by atoms with van der Waals surface area (Å²) in [5.74, 6) is 2.65. The molecule has 1 N–H and O–H groups in total. The van der Waals surface area contributed by atoms with Crippen molar-refractivity contribution in [2.75, 3.05) is 34.4 Å². The molecule has 0 radical (unpaired) electrons. The van der Waals surface area contributed by atoms with E-state index in [1.165, 1.54) is 5.56 Å². The third-order valence-electron chi connectivity index (χ3n) is 2.94. The lowest BCUT2D eigenvalue weighted by molar-refractivity contribution is 0.322. The first-order valence-corrected chi connectivity index (χ1v) is 5.30. The fraction of sp³-hybridized carbons (Fsp3) is 0.500. The van der Waals surface area contributed by atoms with Crippen molar-refractivity contribution < 1.29 is 14.2 Å². The van der Waals surface area contributed by atoms with Crippen LogP contribution in [0.25, 0.3) is 0 Å². The van der Waals surface area contributed by atoms with Crippen LogP contribution in [0.5, 0.6) is 17.2 Å². The Morgan fingerprint density at radius 1 is 1.00 bits per heavy atom. The van der Waals surface area contributed by atoms with Gasteiger partial charge in [-0.15, -0.1) is 0 Å². The average molecular weight is 223 g/mol. The smallest absolute Gasteiger partial charge is 0.203 e.